The SMILES string of the molecule is COc1ccc(-c2nnc(NC3CCNC3=O)n3nc(C)cc23)c(CC(F)(F)F)c1. The van der Waals surface area contributed by atoms with Crippen LogP contribution in [0.1, 0.15) is 17.7 Å². The van der Waals surface area contributed by atoms with E-state index in [4.69, 9.17) is 4.74 Å². The van der Waals surface area contributed by atoms with Crippen molar-refractivity contribution in [1.29, 1.82) is 0 Å². The van der Waals surface area contributed by atoms with E-state index in [1.54, 1.807) is 19.1 Å². The van der Waals surface area contributed by atoms with Crippen LogP contribution in [0.5, 0.6) is 5.75 Å². The lowest BCUT2D eigenvalue weighted by Crippen LogP contribution is -2.31. The summed E-state index contributed by atoms with van der Waals surface area (Å²) in [6.07, 6.45) is -4.96. The van der Waals surface area contributed by atoms with Gasteiger partial charge in [-0.1, -0.05) is 0 Å². The number of carbonyl (C=O) groups excluding carboxylic acids is 1. The minimum atomic E-state index is -4.40. The van der Waals surface area contributed by atoms with E-state index in [2.05, 4.69) is 25.9 Å². The molecule has 0 saturated carbocycles. The number of alkyl halides is 3. The number of nitrogens with zero attached hydrogens (tertiary/aromatic N) is 4. The van der Waals surface area contributed by atoms with Gasteiger partial charge in [0.25, 0.3) is 0 Å². The molecule has 11 heteroatoms. The first kappa shape index (κ1) is 19.9. The molecule has 8 nitrogen and oxygen atoms in total. The van der Waals surface area contributed by atoms with E-state index in [0.717, 1.165) is 0 Å². The minimum Gasteiger partial charge on any atom is -0.497 e. The van der Waals surface area contributed by atoms with Crippen LogP contribution in [-0.4, -0.2) is 51.6 Å². The Morgan fingerprint density at radius 3 is 2.77 bits per heavy atom. The number of hydrogen-bond donors (Lipinski definition) is 2. The lowest BCUT2D eigenvalue weighted by Gasteiger charge is -2.15. The van der Waals surface area contributed by atoms with Crippen molar-refractivity contribution in [2.45, 2.75) is 32.0 Å². The van der Waals surface area contributed by atoms with Crippen molar-refractivity contribution >= 4 is 17.4 Å². The van der Waals surface area contributed by atoms with Gasteiger partial charge >= 0.3 is 6.18 Å². The molecule has 1 unspecified atom stereocenters. The fraction of sp³-hybridized carbons (Fsp3) is 0.368. The van der Waals surface area contributed by atoms with Crippen molar-refractivity contribution in [2.75, 3.05) is 19.0 Å². The molecule has 0 spiro atoms. The molecule has 30 heavy (non-hydrogen) atoms. The number of aromatic nitrogens is 4. The molecule has 2 N–H and O–H groups in total. The summed E-state index contributed by atoms with van der Waals surface area (Å²) in [5.74, 6) is 0.410. The number of benzene rings is 1. The average Bonchev–Trinajstić information content (AvgIpc) is 3.26. The van der Waals surface area contributed by atoms with Crippen molar-refractivity contribution in [3.05, 3.63) is 35.5 Å². The number of aryl methyl sites for hydroxylation is 1. The normalized spacial score (nSPS) is 16.7. The summed E-state index contributed by atoms with van der Waals surface area (Å²) in [5, 5.41) is 18.4. The van der Waals surface area contributed by atoms with Gasteiger partial charge in [-0.05, 0) is 43.2 Å². The topological polar surface area (TPSA) is 93.4 Å². The van der Waals surface area contributed by atoms with Gasteiger partial charge in [-0.15, -0.1) is 10.2 Å². The number of fused-ring (bicyclic) bond motifs is 1. The summed E-state index contributed by atoms with van der Waals surface area (Å²) in [7, 11) is 1.39. The smallest absolute Gasteiger partial charge is 0.393 e. The van der Waals surface area contributed by atoms with Gasteiger partial charge in [-0.25, -0.2) is 0 Å². The van der Waals surface area contributed by atoms with Crippen LogP contribution < -0.4 is 15.4 Å². The average molecular weight is 420 g/mol. The molecule has 1 aliphatic rings. The Hall–Kier alpha value is -3.37. The van der Waals surface area contributed by atoms with Crippen molar-refractivity contribution in [1.82, 2.24) is 25.1 Å². The molecule has 1 aromatic carbocycles. The van der Waals surface area contributed by atoms with Crippen LogP contribution in [0.2, 0.25) is 0 Å². The maximum Gasteiger partial charge on any atom is 0.393 e. The van der Waals surface area contributed by atoms with E-state index in [0.29, 0.717) is 29.9 Å². The van der Waals surface area contributed by atoms with Gasteiger partial charge in [0.2, 0.25) is 11.9 Å². The Labute approximate surface area is 169 Å². The van der Waals surface area contributed by atoms with Gasteiger partial charge in [0.15, 0.2) is 0 Å². The number of halogens is 3. The summed E-state index contributed by atoms with van der Waals surface area (Å²) >= 11 is 0. The number of nitrogens with one attached hydrogen (secondary N) is 2. The molecular weight excluding hydrogens is 401 g/mol. The number of anilines is 1. The number of hydrogen-bond acceptors (Lipinski definition) is 6. The highest BCUT2D eigenvalue weighted by Gasteiger charge is 2.31. The number of methoxy groups -OCH3 is 1. The number of rotatable bonds is 5. The van der Waals surface area contributed by atoms with E-state index in [1.165, 1.54) is 23.8 Å². The van der Waals surface area contributed by atoms with E-state index in [-0.39, 0.29) is 28.7 Å². The van der Waals surface area contributed by atoms with E-state index >= 15 is 0 Å². The number of carbonyl (C=O) groups is 1. The maximum atomic E-state index is 13.2. The van der Waals surface area contributed by atoms with Gasteiger partial charge in [-0.2, -0.15) is 22.8 Å². The van der Waals surface area contributed by atoms with E-state index < -0.39 is 18.6 Å². The van der Waals surface area contributed by atoms with E-state index in [1.807, 2.05) is 0 Å². The third-order valence-electron chi connectivity index (χ3n) is 4.83. The highest BCUT2D eigenvalue weighted by Crippen LogP contribution is 2.34. The standard InChI is InChI=1S/C19H19F3N6O2/c1-10-7-15-16(13-4-3-12(30-2)8-11(13)9-19(20,21)22)25-26-18(28(15)27-10)24-14-5-6-23-17(14)29/h3-4,7-8,14H,5-6,9H2,1-2H3,(H,23,29)(H,24,26). The van der Waals surface area contributed by atoms with Crippen molar-refractivity contribution < 1.29 is 22.7 Å². The Morgan fingerprint density at radius 2 is 2.10 bits per heavy atom. The maximum absolute atomic E-state index is 13.2. The molecule has 1 fully saturated rings. The molecule has 2 aromatic heterocycles. The van der Waals surface area contributed by atoms with Crippen molar-refractivity contribution in [2.24, 2.45) is 0 Å². The summed E-state index contributed by atoms with van der Waals surface area (Å²) in [6.45, 7) is 2.31. The van der Waals surface area contributed by atoms with Gasteiger partial charge < -0.3 is 15.4 Å². The highest BCUT2D eigenvalue weighted by atomic mass is 19.4. The lowest BCUT2D eigenvalue weighted by atomic mass is 10.0. The van der Waals surface area contributed by atoms with Crippen LogP contribution in [0.25, 0.3) is 16.8 Å². The zero-order valence-corrected chi connectivity index (χ0v) is 16.2. The Morgan fingerprint density at radius 1 is 1.30 bits per heavy atom. The van der Waals surface area contributed by atoms with Crippen LogP contribution in [-0.2, 0) is 11.2 Å². The summed E-state index contributed by atoms with van der Waals surface area (Å²) in [6, 6.07) is 5.69. The first-order valence-corrected chi connectivity index (χ1v) is 9.26. The van der Waals surface area contributed by atoms with Gasteiger partial charge in [0.05, 0.1) is 24.7 Å². The second-order valence-electron chi connectivity index (χ2n) is 7.05. The summed E-state index contributed by atoms with van der Waals surface area (Å²) in [5.41, 5.74) is 1.69. The lowest BCUT2D eigenvalue weighted by molar-refractivity contribution is -0.127. The number of amides is 1. The fourth-order valence-corrected chi connectivity index (χ4v) is 3.48. The summed E-state index contributed by atoms with van der Waals surface area (Å²) in [4.78, 5) is 11.9. The van der Waals surface area contributed by atoms with Gasteiger partial charge in [0.1, 0.15) is 17.5 Å². The third-order valence-corrected chi connectivity index (χ3v) is 4.83. The molecule has 1 amide bonds. The molecule has 4 rings (SSSR count). The first-order chi connectivity index (χ1) is 14.2. The molecule has 1 saturated heterocycles. The molecule has 1 atom stereocenters. The Bertz CT molecular complexity index is 1110. The zero-order valence-electron chi connectivity index (χ0n) is 16.2. The second kappa shape index (κ2) is 7.47. The van der Waals surface area contributed by atoms with Gasteiger partial charge in [-0.3, -0.25) is 4.79 Å². The molecule has 3 heterocycles. The minimum absolute atomic E-state index is 0.0211. The molecular formula is C19H19F3N6O2. The zero-order chi connectivity index (χ0) is 21.5. The highest BCUT2D eigenvalue weighted by molar-refractivity contribution is 5.86. The van der Waals surface area contributed by atoms with Crippen LogP contribution in [0.4, 0.5) is 19.1 Å². The Balaban J connectivity index is 1.82. The van der Waals surface area contributed by atoms with Crippen molar-refractivity contribution in [3.8, 4) is 17.0 Å². The van der Waals surface area contributed by atoms with Crippen LogP contribution in [0.3, 0.4) is 0 Å². The second-order valence-corrected chi connectivity index (χ2v) is 7.05. The quantitative estimate of drug-likeness (QED) is 0.659. The predicted octanol–water partition coefficient (Wildman–Crippen LogP) is 2.51. The largest absolute Gasteiger partial charge is 0.497 e. The van der Waals surface area contributed by atoms with Crippen LogP contribution >= 0.6 is 0 Å². The van der Waals surface area contributed by atoms with Crippen LogP contribution in [0.15, 0.2) is 24.3 Å². The molecule has 0 radical (unpaired) electrons. The fourth-order valence-electron chi connectivity index (χ4n) is 3.48. The van der Waals surface area contributed by atoms with Crippen molar-refractivity contribution in [3.63, 3.8) is 0 Å². The Kier molecular flexibility index (Phi) is 4.96. The molecule has 158 valence electrons. The summed E-state index contributed by atoms with van der Waals surface area (Å²) < 4.78 is 46.1. The molecule has 3 aromatic rings. The molecule has 0 bridgehead atoms. The number of ether oxygens (including phenoxy) is 1. The monoisotopic (exact) mass is 420 g/mol. The molecule has 0 aliphatic carbocycles. The predicted molar refractivity (Wildman–Crippen MR) is 102 cm³/mol. The van der Waals surface area contributed by atoms with Crippen LogP contribution in [0, 0.1) is 6.92 Å². The van der Waals surface area contributed by atoms with E-state index in [9.17, 15) is 18.0 Å². The molecule has 1 aliphatic heterocycles. The first-order valence-electron chi connectivity index (χ1n) is 9.26. The van der Waals surface area contributed by atoms with Gasteiger partial charge in [0, 0.05) is 12.1 Å². The third kappa shape index (κ3) is 3.87.